The summed E-state index contributed by atoms with van der Waals surface area (Å²) in [6, 6.07) is 7.93. The third kappa shape index (κ3) is 2.01. The molecule has 2 heterocycles. The number of aryl methyl sites for hydroxylation is 1. The maximum Gasteiger partial charge on any atom is 0.209 e. The van der Waals surface area contributed by atoms with Crippen LogP contribution in [0.3, 0.4) is 0 Å². The van der Waals surface area contributed by atoms with E-state index in [-0.39, 0.29) is 11.7 Å². The molecule has 0 amide bonds. The maximum absolute atomic E-state index is 12.6. The molecule has 1 aromatic carbocycles. The zero-order chi connectivity index (χ0) is 13.2. The molecule has 1 unspecified atom stereocenters. The van der Waals surface area contributed by atoms with E-state index in [9.17, 15) is 4.79 Å². The minimum Gasteiger partial charge on any atom is -0.384 e. The Morgan fingerprint density at radius 1 is 1.47 bits per heavy atom. The van der Waals surface area contributed by atoms with Crippen molar-refractivity contribution in [2.75, 3.05) is 11.9 Å². The molecular formula is C14H16N4O. The zero-order valence-electron chi connectivity index (χ0n) is 10.8. The van der Waals surface area contributed by atoms with E-state index in [2.05, 4.69) is 22.3 Å². The molecule has 98 valence electrons. The van der Waals surface area contributed by atoms with Gasteiger partial charge >= 0.3 is 0 Å². The smallest absolute Gasteiger partial charge is 0.209 e. The van der Waals surface area contributed by atoms with Gasteiger partial charge in [-0.2, -0.15) is 5.10 Å². The lowest BCUT2D eigenvalue weighted by molar-refractivity contribution is 0.0950. The van der Waals surface area contributed by atoms with Crippen LogP contribution in [0.15, 0.2) is 30.6 Å². The highest BCUT2D eigenvalue weighted by Crippen LogP contribution is 2.32. The monoisotopic (exact) mass is 256 g/mol. The van der Waals surface area contributed by atoms with Gasteiger partial charge in [-0.3, -0.25) is 4.79 Å². The van der Waals surface area contributed by atoms with Gasteiger partial charge in [0, 0.05) is 18.8 Å². The van der Waals surface area contributed by atoms with Crippen LogP contribution in [0.5, 0.6) is 0 Å². The van der Waals surface area contributed by atoms with Gasteiger partial charge in [-0.25, -0.2) is 9.67 Å². The van der Waals surface area contributed by atoms with Gasteiger partial charge in [0.25, 0.3) is 0 Å². The van der Waals surface area contributed by atoms with Crippen LogP contribution in [-0.2, 0) is 6.54 Å². The Balaban J connectivity index is 1.91. The van der Waals surface area contributed by atoms with Gasteiger partial charge in [0.15, 0.2) is 5.82 Å². The van der Waals surface area contributed by atoms with E-state index < -0.39 is 0 Å². The van der Waals surface area contributed by atoms with Crippen LogP contribution in [0.25, 0.3) is 0 Å². The number of aromatic nitrogens is 3. The topological polar surface area (TPSA) is 59.8 Å². The first-order valence-corrected chi connectivity index (χ1v) is 6.56. The minimum absolute atomic E-state index is 0.0448. The van der Waals surface area contributed by atoms with Crippen molar-refractivity contribution in [2.24, 2.45) is 0 Å². The standard InChI is InChI=1S/C14H16N4O/c1-2-7-18-14(16-9-17-18)13(19)11-8-15-12-6-4-3-5-10(11)12/h3-6,9,11,15H,2,7-8H2,1H3. The van der Waals surface area contributed by atoms with Crippen molar-refractivity contribution in [3.05, 3.63) is 42.0 Å². The van der Waals surface area contributed by atoms with Crippen LogP contribution < -0.4 is 5.32 Å². The number of nitrogens with one attached hydrogen (secondary N) is 1. The number of hydrogen-bond acceptors (Lipinski definition) is 4. The molecule has 3 rings (SSSR count). The average Bonchev–Trinajstić information content (AvgIpc) is 3.04. The van der Waals surface area contributed by atoms with Crippen molar-refractivity contribution in [3.8, 4) is 0 Å². The number of nitrogens with zero attached hydrogens (tertiary/aromatic N) is 3. The van der Waals surface area contributed by atoms with Gasteiger partial charge < -0.3 is 5.32 Å². The fraction of sp³-hybridized carbons (Fsp3) is 0.357. The number of fused-ring (bicyclic) bond motifs is 1. The second-order valence-corrected chi connectivity index (χ2v) is 4.69. The van der Waals surface area contributed by atoms with Crippen molar-refractivity contribution >= 4 is 11.5 Å². The summed E-state index contributed by atoms with van der Waals surface area (Å²) in [5, 5.41) is 7.38. The molecule has 0 radical (unpaired) electrons. The lowest BCUT2D eigenvalue weighted by Crippen LogP contribution is -2.20. The highest BCUT2D eigenvalue weighted by Gasteiger charge is 2.31. The molecule has 1 atom stereocenters. The van der Waals surface area contributed by atoms with Crippen molar-refractivity contribution in [1.82, 2.24) is 14.8 Å². The van der Waals surface area contributed by atoms with Gasteiger partial charge in [-0.05, 0) is 18.1 Å². The lowest BCUT2D eigenvalue weighted by Gasteiger charge is -2.09. The summed E-state index contributed by atoms with van der Waals surface area (Å²) in [6.45, 7) is 3.42. The lowest BCUT2D eigenvalue weighted by atomic mass is 9.96. The number of benzene rings is 1. The molecule has 2 aromatic rings. The van der Waals surface area contributed by atoms with E-state index in [0.29, 0.717) is 12.4 Å². The summed E-state index contributed by atoms with van der Waals surface area (Å²) in [6.07, 6.45) is 2.39. The molecule has 0 aliphatic carbocycles. The Labute approximate surface area is 111 Å². The number of ketones is 1. The van der Waals surface area contributed by atoms with E-state index in [1.54, 1.807) is 4.68 Å². The van der Waals surface area contributed by atoms with Crippen LogP contribution in [0.1, 0.15) is 35.4 Å². The van der Waals surface area contributed by atoms with E-state index in [0.717, 1.165) is 24.2 Å². The average molecular weight is 256 g/mol. The van der Waals surface area contributed by atoms with Gasteiger partial charge in [0.2, 0.25) is 5.78 Å². The minimum atomic E-state index is -0.156. The molecule has 0 spiro atoms. The summed E-state index contributed by atoms with van der Waals surface area (Å²) < 4.78 is 1.70. The van der Waals surface area contributed by atoms with Gasteiger partial charge in [-0.15, -0.1) is 0 Å². The van der Waals surface area contributed by atoms with E-state index in [1.807, 2.05) is 24.3 Å². The van der Waals surface area contributed by atoms with E-state index in [1.165, 1.54) is 6.33 Å². The molecule has 0 saturated heterocycles. The number of anilines is 1. The second-order valence-electron chi connectivity index (χ2n) is 4.69. The Kier molecular flexibility index (Phi) is 3.03. The van der Waals surface area contributed by atoms with Crippen LogP contribution >= 0.6 is 0 Å². The second kappa shape index (κ2) is 4.84. The van der Waals surface area contributed by atoms with Crippen molar-refractivity contribution in [1.29, 1.82) is 0 Å². The van der Waals surface area contributed by atoms with Crippen molar-refractivity contribution < 1.29 is 4.79 Å². The maximum atomic E-state index is 12.6. The molecule has 0 fully saturated rings. The van der Waals surface area contributed by atoms with E-state index >= 15 is 0 Å². The van der Waals surface area contributed by atoms with Crippen LogP contribution in [0.4, 0.5) is 5.69 Å². The quantitative estimate of drug-likeness (QED) is 0.851. The molecular weight excluding hydrogens is 240 g/mol. The first-order valence-electron chi connectivity index (χ1n) is 6.56. The number of carbonyl (C=O) groups is 1. The van der Waals surface area contributed by atoms with Crippen LogP contribution in [-0.4, -0.2) is 27.1 Å². The first kappa shape index (κ1) is 11.9. The normalized spacial score (nSPS) is 17.0. The third-order valence-electron chi connectivity index (χ3n) is 3.42. The summed E-state index contributed by atoms with van der Waals surface area (Å²) in [5.41, 5.74) is 2.10. The molecule has 1 N–H and O–H groups in total. The molecule has 1 aromatic heterocycles. The van der Waals surface area contributed by atoms with E-state index in [4.69, 9.17) is 0 Å². The Morgan fingerprint density at radius 3 is 3.16 bits per heavy atom. The molecule has 5 nitrogen and oxygen atoms in total. The van der Waals surface area contributed by atoms with Gasteiger partial charge in [0.1, 0.15) is 6.33 Å². The fourth-order valence-electron chi connectivity index (χ4n) is 2.50. The Morgan fingerprint density at radius 2 is 2.32 bits per heavy atom. The number of carbonyl (C=O) groups excluding carboxylic acids is 1. The number of Topliss-reactive ketones (excluding diaryl/α,β-unsaturated/α-hetero) is 1. The van der Waals surface area contributed by atoms with Crippen molar-refractivity contribution in [3.63, 3.8) is 0 Å². The molecule has 0 bridgehead atoms. The highest BCUT2D eigenvalue weighted by atomic mass is 16.1. The molecule has 5 heteroatoms. The SMILES string of the molecule is CCCn1ncnc1C(=O)C1CNc2ccccc21. The molecule has 1 aliphatic heterocycles. The Bertz CT molecular complexity index is 605. The first-order chi connectivity index (χ1) is 9.31. The summed E-state index contributed by atoms with van der Waals surface area (Å²) in [4.78, 5) is 16.7. The number of rotatable bonds is 4. The van der Waals surface area contributed by atoms with Gasteiger partial charge in [-0.1, -0.05) is 25.1 Å². The Hall–Kier alpha value is -2.17. The largest absolute Gasteiger partial charge is 0.384 e. The summed E-state index contributed by atoms with van der Waals surface area (Å²) >= 11 is 0. The highest BCUT2D eigenvalue weighted by molar-refractivity contribution is 6.00. The predicted molar refractivity (Wildman–Crippen MR) is 72.3 cm³/mol. The zero-order valence-corrected chi connectivity index (χ0v) is 10.8. The third-order valence-corrected chi connectivity index (χ3v) is 3.42. The van der Waals surface area contributed by atoms with Gasteiger partial charge in [0.05, 0.1) is 5.92 Å². The van der Waals surface area contributed by atoms with Crippen LogP contribution in [0, 0.1) is 0 Å². The fourth-order valence-corrected chi connectivity index (χ4v) is 2.50. The summed E-state index contributed by atoms with van der Waals surface area (Å²) in [5.74, 6) is 0.352. The number of para-hydroxylation sites is 1. The predicted octanol–water partition coefficient (Wildman–Crippen LogP) is 2.08. The summed E-state index contributed by atoms with van der Waals surface area (Å²) in [7, 11) is 0. The van der Waals surface area contributed by atoms with Crippen molar-refractivity contribution in [2.45, 2.75) is 25.8 Å². The number of hydrogen-bond donors (Lipinski definition) is 1. The molecule has 1 aliphatic rings. The molecule has 19 heavy (non-hydrogen) atoms. The molecule has 0 saturated carbocycles. The van der Waals surface area contributed by atoms with Crippen LogP contribution in [0.2, 0.25) is 0 Å².